The molecule has 0 saturated carbocycles. The van der Waals surface area contributed by atoms with Gasteiger partial charge in [0.15, 0.2) is 11.3 Å². The van der Waals surface area contributed by atoms with E-state index in [2.05, 4.69) is 30.5 Å². The standard InChI is InChI=1S/C13H9N7O/c21-13-11(10-3-5-15-17-10)18-19-12-9(7-16-20(12)13)8-2-1-4-14-6-8/h1-7,16H,(H,15,17). The topological polar surface area (TPSA) is 105 Å². The predicted octanol–water partition coefficient (Wildman–Crippen LogP) is 0.870. The molecule has 0 fully saturated rings. The highest BCUT2D eigenvalue weighted by Gasteiger charge is 2.14. The molecule has 0 amide bonds. The fourth-order valence-electron chi connectivity index (χ4n) is 2.17. The number of H-pyrrole nitrogens is 2. The number of hydrogen-bond acceptors (Lipinski definition) is 5. The first-order chi connectivity index (χ1) is 10.3. The third-order valence-electron chi connectivity index (χ3n) is 3.17. The molecule has 0 radical (unpaired) electrons. The Balaban J connectivity index is 1.96. The minimum absolute atomic E-state index is 0.213. The van der Waals surface area contributed by atoms with Crippen LogP contribution in [0.2, 0.25) is 0 Å². The van der Waals surface area contributed by atoms with Crippen molar-refractivity contribution >= 4 is 5.65 Å². The van der Waals surface area contributed by atoms with Gasteiger partial charge in [-0.05, 0) is 12.1 Å². The maximum absolute atomic E-state index is 12.4. The highest BCUT2D eigenvalue weighted by Crippen LogP contribution is 2.21. The Labute approximate surface area is 117 Å². The van der Waals surface area contributed by atoms with Gasteiger partial charge >= 0.3 is 5.56 Å². The van der Waals surface area contributed by atoms with Crippen molar-refractivity contribution < 1.29 is 0 Å². The summed E-state index contributed by atoms with van der Waals surface area (Å²) >= 11 is 0. The van der Waals surface area contributed by atoms with Crippen LogP contribution in [0.5, 0.6) is 0 Å². The van der Waals surface area contributed by atoms with Gasteiger partial charge < -0.3 is 0 Å². The summed E-state index contributed by atoms with van der Waals surface area (Å²) in [7, 11) is 0. The van der Waals surface area contributed by atoms with Gasteiger partial charge in [-0.1, -0.05) is 6.07 Å². The molecule has 8 heteroatoms. The van der Waals surface area contributed by atoms with E-state index in [0.29, 0.717) is 11.3 Å². The fraction of sp³-hybridized carbons (Fsp3) is 0. The summed E-state index contributed by atoms with van der Waals surface area (Å²) in [5.74, 6) is 0. The summed E-state index contributed by atoms with van der Waals surface area (Å²) in [4.78, 5) is 16.5. The third kappa shape index (κ3) is 1.73. The van der Waals surface area contributed by atoms with E-state index in [1.807, 2.05) is 12.1 Å². The quantitative estimate of drug-likeness (QED) is 0.566. The highest BCUT2D eigenvalue weighted by atomic mass is 16.1. The Morgan fingerprint density at radius 3 is 2.86 bits per heavy atom. The number of hydrogen-bond donors (Lipinski definition) is 2. The lowest BCUT2D eigenvalue weighted by molar-refractivity contribution is 0.854. The van der Waals surface area contributed by atoms with Crippen molar-refractivity contribution in [1.82, 2.24) is 35.0 Å². The van der Waals surface area contributed by atoms with Crippen LogP contribution in [0.15, 0.2) is 47.8 Å². The van der Waals surface area contributed by atoms with E-state index in [4.69, 9.17) is 0 Å². The lowest BCUT2D eigenvalue weighted by Gasteiger charge is -1.99. The Morgan fingerprint density at radius 1 is 1.14 bits per heavy atom. The van der Waals surface area contributed by atoms with E-state index in [0.717, 1.165) is 11.1 Å². The van der Waals surface area contributed by atoms with Crippen molar-refractivity contribution in [3.8, 4) is 22.5 Å². The first-order valence-corrected chi connectivity index (χ1v) is 6.21. The number of nitrogens with one attached hydrogen (secondary N) is 2. The van der Waals surface area contributed by atoms with Crippen molar-refractivity contribution in [2.45, 2.75) is 0 Å². The molecule has 2 N–H and O–H groups in total. The summed E-state index contributed by atoms with van der Waals surface area (Å²) in [5, 5.41) is 17.6. The minimum Gasteiger partial charge on any atom is -0.296 e. The van der Waals surface area contributed by atoms with Crippen LogP contribution in [0.4, 0.5) is 0 Å². The van der Waals surface area contributed by atoms with Crippen LogP contribution in [0, 0.1) is 0 Å². The molecular formula is C13H9N7O. The van der Waals surface area contributed by atoms with Crippen LogP contribution in [0.1, 0.15) is 0 Å². The first-order valence-electron chi connectivity index (χ1n) is 6.21. The number of aromatic nitrogens is 7. The van der Waals surface area contributed by atoms with Crippen molar-refractivity contribution in [1.29, 1.82) is 0 Å². The Morgan fingerprint density at radius 2 is 2.10 bits per heavy atom. The van der Waals surface area contributed by atoms with Crippen LogP contribution < -0.4 is 5.56 Å². The van der Waals surface area contributed by atoms with Gasteiger partial charge in [-0.2, -0.15) is 9.61 Å². The molecule has 4 rings (SSSR count). The van der Waals surface area contributed by atoms with Gasteiger partial charge in [0, 0.05) is 35.9 Å². The van der Waals surface area contributed by atoms with Crippen molar-refractivity contribution in [3.63, 3.8) is 0 Å². The normalized spacial score (nSPS) is 11.0. The van der Waals surface area contributed by atoms with Gasteiger partial charge in [-0.3, -0.25) is 20.0 Å². The molecule has 0 bridgehead atoms. The van der Waals surface area contributed by atoms with E-state index < -0.39 is 0 Å². The van der Waals surface area contributed by atoms with E-state index >= 15 is 0 Å². The maximum atomic E-state index is 12.4. The number of rotatable bonds is 2. The van der Waals surface area contributed by atoms with Gasteiger partial charge in [-0.15, -0.1) is 10.2 Å². The van der Waals surface area contributed by atoms with Crippen molar-refractivity contribution in [2.24, 2.45) is 0 Å². The molecule has 4 heterocycles. The highest BCUT2D eigenvalue weighted by molar-refractivity contribution is 5.76. The zero-order valence-corrected chi connectivity index (χ0v) is 10.7. The van der Waals surface area contributed by atoms with E-state index in [-0.39, 0.29) is 11.3 Å². The summed E-state index contributed by atoms with van der Waals surface area (Å²) in [5.41, 5.74) is 2.53. The zero-order chi connectivity index (χ0) is 14.2. The summed E-state index contributed by atoms with van der Waals surface area (Å²) in [6.45, 7) is 0. The molecule has 4 aromatic rings. The third-order valence-corrected chi connectivity index (χ3v) is 3.17. The number of aromatic amines is 2. The van der Waals surface area contributed by atoms with E-state index in [1.54, 1.807) is 30.9 Å². The first kappa shape index (κ1) is 11.5. The van der Waals surface area contributed by atoms with E-state index in [9.17, 15) is 4.79 Å². The Hall–Kier alpha value is -3.29. The molecule has 0 saturated heterocycles. The molecule has 102 valence electrons. The second-order valence-electron chi connectivity index (χ2n) is 4.41. The smallest absolute Gasteiger partial charge is 0.296 e. The number of fused-ring (bicyclic) bond motifs is 1. The summed E-state index contributed by atoms with van der Waals surface area (Å²) in [6.07, 6.45) is 6.66. The molecular weight excluding hydrogens is 270 g/mol. The predicted molar refractivity (Wildman–Crippen MR) is 74.4 cm³/mol. The second kappa shape index (κ2) is 4.37. The monoisotopic (exact) mass is 279 g/mol. The molecule has 0 spiro atoms. The Bertz CT molecular complexity index is 953. The largest absolute Gasteiger partial charge is 0.301 e. The van der Waals surface area contributed by atoms with Gasteiger partial charge in [0.1, 0.15) is 0 Å². The molecule has 4 aromatic heterocycles. The van der Waals surface area contributed by atoms with Crippen molar-refractivity contribution in [3.05, 3.63) is 53.3 Å². The fourth-order valence-corrected chi connectivity index (χ4v) is 2.17. The summed E-state index contributed by atoms with van der Waals surface area (Å²) in [6, 6.07) is 5.39. The number of pyridine rings is 1. The van der Waals surface area contributed by atoms with Gasteiger partial charge in [-0.25, -0.2) is 0 Å². The van der Waals surface area contributed by atoms with Gasteiger partial charge in [0.25, 0.3) is 0 Å². The lowest BCUT2D eigenvalue weighted by Crippen LogP contribution is -2.19. The van der Waals surface area contributed by atoms with E-state index in [1.165, 1.54) is 4.52 Å². The molecule has 8 nitrogen and oxygen atoms in total. The van der Waals surface area contributed by atoms with Gasteiger partial charge in [0.05, 0.1) is 5.69 Å². The van der Waals surface area contributed by atoms with Crippen molar-refractivity contribution in [2.75, 3.05) is 0 Å². The molecule has 0 aliphatic rings. The van der Waals surface area contributed by atoms with Crippen LogP contribution >= 0.6 is 0 Å². The van der Waals surface area contributed by atoms with Crippen LogP contribution in [0.25, 0.3) is 28.2 Å². The van der Waals surface area contributed by atoms with Crippen LogP contribution in [-0.4, -0.2) is 35.0 Å². The maximum Gasteiger partial charge on any atom is 0.301 e. The average Bonchev–Trinajstić information content (AvgIpc) is 3.18. The SMILES string of the molecule is O=c1c(-c2ccn[nH]2)nnc2c(-c3cccnc3)c[nH]n12. The molecule has 0 atom stereocenters. The van der Waals surface area contributed by atoms with Crippen LogP contribution in [0.3, 0.4) is 0 Å². The average molecular weight is 279 g/mol. The minimum atomic E-state index is -0.292. The lowest BCUT2D eigenvalue weighted by atomic mass is 10.1. The van der Waals surface area contributed by atoms with Gasteiger partial charge in [0.2, 0.25) is 0 Å². The molecule has 0 aliphatic heterocycles. The number of nitrogens with zero attached hydrogens (tertiary/aromatic N) is 5. The second-order valence-corrected chi connectivity index (χ2v) is 4.41. The molecule has 0 unspecified atom stereocenters. The summed E-state index contributed by atoms with van der Waals surface area (Å²) < 4.78 is 1.35. The molecule has 0 aliphatic carbocycles. The zero-order valence-electron chi connectivity index (χ0n) is 10.7. The van der Waals surface area contributed by atoms with Crippen LogP contribution in [-0.2, 0) is 0 Å². The Kier molecular flexibility index (Phi) is 2.40. The molecule has 21 heavy (non-hydrogen) atoms. The molecule has 0 aromatic carbocycles.